The van der Waals surface area contributed by atoms with Crippen LogP contribution in [0, 0.1) is 5.92 Å². The fourth-order valence-corrected chi connectivity index (χ4v) is 2.76. The molecule has 1 heterocycles. The van der Waals surface area contributed by atoms with Gasteiger partial charge in [-0.2, -0.15) is 0 Å². The SMILES string of the molecule is COc1ccc(Br)cc1CC(=O)N1CCC(C(=O)O)C1.Cl. The van der Waals surface area contributed by atoms with Gasteiger partial charge in [0.15, 0.2) is 0 Å². The molecule has 1 amide bonds. The number of methoxy groups -OCH3 is 1. The predicted molar refractivity (Wildman–Crippen MR) is 84.0 cm³/mol. The Morgan fingerprint density at radius 2 is 2.19 bits per heavy atom. The fraction of sp³-hybridized carbons (Fsp3) is 0.429. The highest BCUT2D eigenvalue weighted by atomic mass is 79.9. The number of hydrogen-bond acceptors (Lipinski definition) is 3. The van der Waals surface area contributed by atoms with E-state index in [1.807, 2.05) is 12.1 Å². The van der Waals surface area contributed by atoms with Gasteiger partial charge in [0.05, 0.1) is 19.4 Å². The second-order valence-electron chi connectivity index (χ2n) is 4.80. The van der Waals surface area contributed by atoms with Gasteiger partial charge in [-0.1, -0.05) is 15.9 Å². The van der Waals surface area contributed by atoms with Gasteiger partial charge in [0.2, 0.25) is 5.91 Å². The second-order valence-corrected chi connectivity index (χ2v) is 5.71. The molecule has 0 aliphatic carbocycles. The third-order valence-corrected chi connectivity index (χ3v) is 3.97. The monoisotopic (exact) mass is 377 g/mol. The molecule has 1 aliphatic heterocycles. The highest BCUT2D eigenvalue weighted by Crippen LogP contribution is 2.25. The summed E-state index contributed by atoms with van der Waals surface area (Å²) in [6.07, 6.45) is 0.742. The molecule has 116 valence electrons. The van der Waals surface area contributed by atoms with Gasteiger partial charge in [0.25, 0.3) is 0 Å². The minimum Gasteiger partial charge on any atom is -0.496 e. The summed E-state index contributed by atoms with van der Waals surface area (Å²) in [5.41, 5.74) is 0.797. The van der Waals surface area contributed by atoms with Crippen molar-refractivity contribution in [1.29, 1.82) is 0 Å². The van der Waals surface area contributed by atoms with Crippen LogP contribution in [0.5, 0.6) is 5.75 Å². The van der Waals surface area contributed by atoms with Gasteiger partial charge in [-0.3, -0.25) is 9.59 Å². The van der Waals surface area contributed by atoms with Crippen molar-refractivity contribution in [3.05, 3.63) is 28.2 Å². The van der Waals surface area contributed by atoms with Crippen LogP contribution in [0.25, 0.3) is 0 Å². The van der Waals surface area contributed by atoms with Crippen molar-refractivity contribution in [2.24, 2.45) is 5.92 Å². The molecular formula is C14H17BrClNO4. The van der Waals surface area contributed by atoms with E-state index in [4.69, 9.17) is 9.84 Å². The first-order valence-corrected chi connectivity index (χ1v) is 7.13. The van der Waals surface area contributed by atoms with Crippen molar-refractivity contribution in [3.8, 4) is 5.75 Å². The molecule has 1 saturated heterocycles. The van der Waals surface area contributed by atoms with Crippen molar-refractivity contribution in [1.82, 2.24) is 4.90 Å². The van der Waals surface area contributed by atoms with Crippen LogP contribution in [0.1, 0.15) is 12.0 Å². The number of rotatable bonds is 4. The number of likely N-dealkylation sites (tertiary alicyclic amines) is 1. The number of carboxylic acids is 1. The van der Waals surface area contributed by atoms with Crippen LogP contribution in [-0.4, -0.2) is 42.1 Å². The van der Waals surface area contributed by atoms with Gasteiger partial charge in [-0.25, -0.2) is 0 Å². The third-order valence-electron chi connectivity index (χ3n) is 3.47. The average Bonchev–Trinajstić information content (AvgIpc) is 2.89. The van der Waals surface area contributed by atoms with Crippen LogP contribution >= 0.6 is 28.3 Å². The van der Waals surface area contributed by atoms with E-state index in [0.29, 0.717) is 25.3 Å². The van der Waals surface area contributed by atoms with Crippen LogP contribution in [0.3, 0.4) is 0 Å². The van der Waals surface area contributed by atoms with Crippen LogP contribution in [-0.2, 0) is 16.0 Å². The molecule has 0 radical (unpaired) electrons. The molecule has 1 atom stereocenters. The summed E-state index contributed by atoms with van der Waals surface area (Å²) >= 11 is 3.37. The van der Waals surface area contributed by atoms with Crippen molar-refractivity contribution >= 4 is 40.2 Å². The molecule has 1 fully saturated rings. The third kappa shape index (κ3) is 4.35. The number of aliphatic carboxylic acids is 1. The molecule has 0 saturated carbocycles. The van der Waals surface area contributed by atoms with Gasteiger partial charge in [-0.15, -0.1) is 12.4 Å². The molecule has 0 aromatic heterocycles. The first-order chi connectivity index (χ1) is 9.51. The van der Waals surface area contributed by atoms with E-state index in [9.17, 15) is 9.59 Å². The fourth-order valence-electron chi connectivity index (χ4n) is 2.35. The number of carboxylic acid groups (broad SMARTS) is 1. The number of halogens is 2. The minimum atomic E-state index is -0.833. The average molecular weight is 379 g/mol. The Labute approximate surface area is 137 Å². The van der Waals surface area contributed by atoms with E-state index in [-0.39, 0.29) is 24.7 Å². The Hall–Kier alpha value is -1.27. The topological polar surface area (TPSA) is 66.8 Å². The van der Waals surface area contributed by atoms with Crippen LogP contribution < -0.4 is 4.74 Å². The van der Waals surface area contributed by atoms with E-state index in [2.05, 4.69) is 15.9 Å². The number of carbonyl (C=O) groups is 2. The van der Waals surface area contributed by atoms with Gasteiger partial charge in [-0.05, 0) is 24.6 Å². The Balaban J connectivity index is 0.00000220. The zero-order valence-corrected chi connectivity index (χ0v) is 13.9. The summed E-state index contributed by atoms with van der Waals surface area (Å²) in [5, 5.41) is 8.96. The van der Waals surface area contributed by atoms with Gasteiger partial charge < -0.3 is 14.7 Å². The van der Waals surface area contributed by atoms with Crippen molar-refractivity contribution < 1.29 is 19.4 Å². The number of ether oxygens (including phenoxy) is 1. The normalized spacial score (nSPS) is 17.2. The van der Waals surface area contributed by atoms with Crippen LogP contribution in [0.15, 0.2) is 22.7 Å². The maximum absolute atomic E-state index is 12.2. The molecular weight excluding hydrogens is 362 g/mol. The number of nitrogens with zero attached hydrogens (tertiary/aromatic N) is 1. The summed E-state index contributed by atoms with van der Waals surface area (Å²) in [6, 6.07) is 5.50. The quantitative estimate of drug-likeness (QED) is 0.873. The van der Waals surface area contributed by atoms with Gasteiger partial charge in [0.1, 0.15) is 5.75 Å². The van der Waals surface area contributed by atoms with Crippen LogP contribution in [0.2, 0.25) is 0 Å². The molecule has 0 spiro atoms. The number of carbonyl (C=O) groups excluding carboxylic acids is 1. The maximum Gasteiger partial charge on any atom is 0.308 e. The van der Waals surface area contributed by atoms with Crippen molar-refractivity contribution in [3.63, 3.8) is 0 Å². The molecule has 0 bridgehead atoms. The minimum absolute atomic E-state index is 0. The molecule has 7 heteroatoms. The standard InChI is InChI=1S/C14H16BrNO4.ClH/c1-20-12-3-2-11(15)6-10(12)7-13(17)16-5-4-9(8-16)14(18)19;/h2-3,6,9H,4-5,7-8H2,1H3,(H,18,19);1H. The number of hydrogen-bond donors (Lipinski definition) is 1. The zero-order chi connectivity index (χ0) is 14.7. The van der Waals surface area contributed by atoms with E-state index >= 15 is 0 Å². The summed E-state index contributed by atoms with van der Waals surface area (Å²) in [4.78, 5) is 24.7. The van der Waals surface area contributed by atoms with E-state index in [0.717, 1.165) is 10.0 Å². The van der Waals surface area contributed by atoms with Gasteiger partial charge in [0, 0.05) is 23.1 Å². The highest BCUT2D eigenvalue weighted by molar-refractivity contribution is 9.10. The molecule has 1 aromatic carbocycles. The Morgan fingerprint density at radius 3 is 2.76 bits per heavy atom. The summed E-state index contributed by atoms with van der Waals surface area (Å²) in [6.45, 7) is 0.802. The lowest BCUT2D eigenvalue weighted by atomic mass is 10.1. The lowest BCUT2D eigenvalue weighted by Crippen LogP contribution is -2.31. The van der Waals surface area contributed by atoms with E-state index in [1.54, 1.807) is 18.1 Å². The smallest absolute Gasteiger partial charge is 0.308 e. The predicted octanol–water partition coefficient (Wildman–Crippen LogP) is 2.36. The van der Waals surface area contributed by atoms with Gasteiger partial charge >= 0.3 is 5.97 Å². The Kier molecular flexibility index (Phi) is 6.48. The molecule has 1 aliphatic rings. The molecule has 1 aromatic rings. The second kappa shape index (κ2) is 7.66. The lowest BCUT2D eigenvalue weighted by Gasteiger charge is -2.17. The lowest BCUT2D eigenvalue weighted by molar-refractivity contribution is -0.141. The van der Waals surface area contributed by atoms with Crippen molar-refractivity contribution in [2.45, 2.75) is 12.8 Å². The summed E-state index contributed by atoms with van der Waals surface area (Å²) in [7, 11) is 1.56. The van der Waals surface area contributed by atoms with Crippen LogP contribution in [0.4, 0.5) is 0 Å². The highest BCUT2D eigenvalue weighted by Gasteiger charge is 2.30. The number of benzene rings is 1. The zero-order valence-electron chi connectivity index (χ0n) is 11.5. The molecule has 1 unspecified atom stereocenters. The molecule has 5 nitrogen and oxygen atoms in total. The molecule has 1 N–H and O–H groups in total. The maximum atomic E-state index is 12.2. The van der Waals surface area contributed by atoms with E-state index in [1.165, 1.54) is 0 Å². The summed E-state index contributed by atoms with van der Waals surface area (Å²) in [5.74, 6) is -0.677. The van der Waals surface area contributed by atoms with Crippen molar-refractivity contribution in [2.75, 3.05) is 20.2 Å². The largest absolute Gasteiger partial charge is 0.496 e. The summed E-state index contributed by atoms with van der Waals surface area (Å²) < 4.78 is 6.12. The molecule has 21 heavy (non-hydrogen) atoms. The molecule has 2 rings (SSSR count). The van der Waals surface area contributed by atoms with E-state index < -0.39 is 11.9 Å². The number of amides is 1. The Morgan fingerprint density at radius 1 is 1.48 bits per heavy atom. The Bertz CT molecular complexity index is 538. The first-order valence-electron chi connectivity index (χ1n) is 6.34. The first kappa shape index (κ1) is 17.8.